The molecule has 1 atom stereocenters. The van der Waals surface area contributed by atoms with Crippen LogP contribution in [-0.2, 0) is 12.8 Å². The molecule has 17 heavy (non-hydrogen) atoms. The zero-order chi connectivity index (χ0) is 12.3. The quantitative estimate of drug-likeness (QED) is 0.834. The van der Waals surface area contributed by atoms with Crippen molar-refractivity contribution >= 4 is 0 Å². The standard InChI is InChI=1S/C15H24N2/c1-12(11-17(2)3)16-10-13-8-14-6-4-5-7-15(14)9-13/h4-7,12-13,16H,8-11H2,1-3H3. The lowest BCUT2D eigenvalue weighted by Gasteiger charge is -2.20. The summed E-state index contributed by atoms with van der Waals surface area (Å²) in [5.41, 5.74) is 3.11. The minimum atomic E-state index is 0.578. The van der Waals surface area contributed by atoms with Gasteiger partial charge in [0.1, 0.15) is 0 Å². The van der Waals surface area contributed by atoms with E-state index >= 15 is 0 Å². The highest BCUT2D eigenvalue weighted by Crippen LogP contribution is 2.25. The first-order valence-corrected chi connectivity index (χ1v) is 6.60. The van der Waals surface area contributed by atoms with E-state index in [0.717, 1.165) is 19.0 Å². The molecule has 0 spiro atoms. The second-order valence-corrected chi connectivity index (χ2v) is 5.61. The predicted molar refractivity (Wildman–Crippen MR) is 73.4 cm³/mol. The molecule has 0 aliphatic heterocycles. The van der Waals surface area contributed by atoms with Crippen LogP contribution < -0.4 is 5.32 Å². The summed E-state index contributed by atoms with van der Waals surface area (Å²) in [5, 5.41) is 3.65. The lowest BCUT2D eigenvalue weighted by molar-refractivity contribution is 0.336. The first kappa shape index (κ1) is 12.6. The second kappa shape index (κ2) is 5.65. The Balaban J connectivity index is 1.76. The number of rotatable bonds is 5. The molecule has 0 aromatic heterocycles. The van der Waals surface area contributed by atoms with E-state index in [1.165, 1.54) is 12.8 Å². The maximum atomic E-state index is 3.65. The predicted octanol–water partition coefficient (Wildman–Crippen LogP) is 1.94. The third-order valence-corrected chi connectivity index (χ3v) is 3.53. The summed E-state index contributed by atoms with van der Waals surface area (Å²) >= 11 is 0. The number of hydrogen-bond acceptors (Lipinski definition) is 2. The van der Waals surface area contributed by atoms with Gasteiger partial charge in [-0.15, -0.1) is 0 Å². The molecule has 1 aliphatic carbocycles. The Morgan fingerprint density at radius 2 is 1.82 bits per heavy atom. The molecule has 1 aliphatic rings. The molecule has 0 saturated heterocycles. The van der Waals surface area contributed by atoms with Crippen LogP contribution in [0.4, 0.5) is 0 Å². The van der Waals surface area contributed by atoms with Crippen LogP contribution in [0, 0.1) is 5.92 Å². The van der Waals surface area contributed by atoms with Crippen molar-refractivity contribution in [2.75, 3.05) is 27.2 Å². The lowest BCUT2D eigenvalue weighted by atomic mass is 10.1. The van der Waals surface area contributed by atoms with Gasteiger partial charge in [-0.05, 0) is 57.5 Å². The molecule has 0 bridgehead atoms. The van der Waals surface area contributed by atoms with Crippen LogP contribution >= 0.6 is 0 Å². The Bertz CT molecular complexity index is 335. The van der Waals surface area contributed by atoms with Crippen molar-refractivity contribution in [2.45, 2.75) is 25.8 Å². The SMILES string of the molecule is CC(CN(C)C)NCC1Cc2ccccc2C1. The van der Waals surface area contributed by atoms with Crippen LogP contribution in [-0.4, -0.2) is 38.1 Å². The molecule has 0 fully saturated rings. The molecule has 0 heterocycles. The molecular formula is C15H24N2. The average Bonchev–Trinajstić information content (AvgIpc) is 2.68. The van der Waals surface area contributed by atoms with Crippen LogP contribution in [0.3, 0.4) is 0 Å². The normalized spacial score (nSPS) is 17.4. The van der Waals surface area contributed by atoms with Gasteiger partial charge in [0.2, 0.25) is 0 Å². The highest BCUT2D eigenvalue weighted by atomic mass is 15.1. The minimum absolute atomic E-state index is 0.578. The summed E-state index contributed by atoms with van der Waals surface area (Å²) in [7, 11) is 4.26. The van der Waals surface area contributed by atoms with Gasteiger partial charge in [-0.25, -0.2) is 0 Å². The largest absolute Gasteiger partial charge is 0.313 e. The lowest BCUT2D eigenvalue weighted by Crippen LogP contribution is -2.38. The van der Waals surface area contributed by atoms with E-state index in [2.05, 4.69) is 55.5 Å². The molecule has 2 rings (SSSR count). The van der Waals surface area contributed by atoms with Gasteiger partial charge in [-0.1, -0.05) is 24.3 Å². The molecule has 0 saturated carbocycles. The molecular weight excluding hydrogens is 208 g/mol. The van der Waals surface area contributed by atoms with Gasteiger partial charge in [0, 0.05) is 12.6 Å². The second-order valence-electron chi connectivity index (χ2n) is 5.61. The van der Waals surface area contributed by atoms with Gasteiger partial charge < -0.3 is 10.2 Å². The van der Waals surface area contributed by atoms with Crippen molar-refractivity contribution in [1.29, 1.82) is 0 Å². The van der Waals surface area contributed by atoms with E-state index in [4.69, 9.17) is 0 Å². The minimum Gasteiger partial charge on any atom is -0.313 e. The summed E-state index contributed by atoms with van der Waals surface area (Å²) < 4.78 is 0. The monoisotopic (exact) mass is 232 g/mol. The van der Waals surface area contributed by atoms with Crippen LogP contribution in [0.2, 0.25) is 0 Å². The zero-order valence-corrected chi connectivity index (χ0v) is 11.2. The molecule has 0 radical (unpaired) electrons. The van der Waals surface area contributed by atoms with Crippen molar-refractivity contribution in [3.05, 3.63) is 35.4 Å². The van der Waals surface area contributed by atoms with Gasteiger partial charge in [-0.3, -0.25) is 0 Å². The maximum Gasteiger partial charge on any atom is 0.0166 e. The summed E-state index contributed by atoms with van der Waals surface area (Å²) in [5.74, 6) is 0.789. The molecule has 1 aromatic carbocycles. The van der Waals surface area contributed by atoms with Gasteiger partial charge in [0.15, 0.2) is 0 Å². The van der Waals surface area contributed by atoms with Crippen LogP contribution in [0.5, 0.6) is 0 Å². The summed E-state index contributed by atoms with van der Waals surface area (Å²) in [4.78, 5) is 2.24. The van der Waals surface area contributed by atoms with E-state index < -0.39 is 0 Å². The number of fused-ring (bicyclic) bond motifs is 1. The topological polar surface area (TPSA) is 15.3 Å². The Morgan fingerprint density at radius 3 is 2.35 bits per heavy atom. The third kappa shape index (κ3) is 3.55. The van der Waals surface area contributed by atoms with E-state index in [1.54, 1.807) is 11.1 Å². The van der Waals surface area contributed by atoms with Gasteiger partial charge in [0.25, 0.3) is 0 Å². The summed E-state index contributed by atoms with van der Waals surface area (Å²) in [6.45, 7) is 4.52. The zero-order valence-electron chi connectivity index (χ0n) is 11.2. The van der Waals surface area contributed by atoms with Gasteiger partial charge in [-0.2, -0.15) is 0 Å². The Morgan fingerprint density at radius 1 is 1.24 bits per heavy atom. The van der Waals surface area contributed by atoms with Crippen molar-refractivity contribution in [3.8, 4) is 0 Å². The molecule has 2 nitrogen and oxygen atoms in total. The van der Waals surface area contributed by atoms with Crippen LogP contribution in [0.15, 0.2) is 24.3 Å². The first-order valence-electron chi connectivity index (χ1n) is 6.60. The van der Waals surface area contributed by atoms with Crippen molar-refractivity contribution in [3.63, 3.8) is 0 Å². The number of hydrogen-bond donors (Lipinski definition) is 1. The fraction of sp³-hybridized carbons (Fsp3) is 0.600. The molecule has 94 valence electrons. The first-order chi connectivity index (χ1) is 8.15. The Labute approximate surface area is 105 Å². The number of benzene rings is 1. The highest BCUT2D eigenvalue weighted by Gasteiger charge is 2.20. The number of likely N-dealkylation sites (N-methyl/N-ethyl adjacent to an activating group) is 1. The summed E-state index contributed by atoms with van der Waals surface area (Å²) in [6, 6.07) is 9.44. The van der Waals surface area contributed by atoms with Gasteiger partial charge in [0.05, 0.1) is 0 Å². The van der Waals surface area contributed by atoms with Crippen LogP contribution in [0.1, 0.15) is 18.1 Å². The molecule has 1 unspecified atom stereocenters. The van der Waals surface area contributed by atoms with E-state index in [-0.39, 0.29) is 0 Å². The number of nitrogens with zero attached hydrogens (tertiary/aromatic N) is 1. The maximum absolute atomic E-state index is 3.65. The van der Waals surface area contributed by atoms with Crippen molar-refractivity contribution < 1.29 is 0 Å². The van der Waals surface area contributed by atoms with Crippen molar-refractivity contribution in [1.82, 2.24) is 10.2 Å². The molecule has 1 N–H and O–H groups in total. The molecule has 1 aromatic rings. The Hall–Kier alpha value is -0.860. The fourth-order valence-electron chi connectivity index (χ4n) is 2.77. The Kier molecular flexibility index (Phi) is 4.19. The average molecular weight is 232 g/mol. The van der Waals surface area contributed by atoms with Crippen LogP contribution in [0.25, 0.3) is 0 Å². The van der Waals surface area contributed by atoms with E-state index in [1.807, 2.05) is 0 Å². The highest BCUT2D eigenvalue weighted by molar-refractivity contribution is 5.32. The summed E-state index contributed by atoms with van der Waals surface area (Å²) in [6.07, 6.45) is 2.50. The number of nitrogens with one attached hydrogen (secondary N) is 1. The smallest absolute Gasteiger partial charge is 0.0166 e. The van der Waals surface area contributed by atoms with Gasteiger partial charge >= 0.3 is 0 Å². The molecule has 2 heteroatoms. The third-order valence-electron chi connectivity index (χ3n) is 3.53. The van der Waals surface area contributed by atoms with E-state index in [9.17, 15) is 0 Å². The fourth-order valence-corrected chi connectivity index (χ4v) is 2.77. The van der Waals surface area contributed by atoms with E-state index in [0.29, 0.717) is 6.04 Å². The molecule has 0 amide bonds. The van der Waals surface area contributed by atoms with Crippen molar-refractivity contribution in [2.24, 2.45) is 5.92 Å².